The van der Waals surface area contributed by atoms with Crippen LogP contribution in [0.4, 0.5) is 10.1 Å². The van der Waals surface area contributed by atoms with Crippen molar-refractivity contribution in [3.8, 4) is 0 Å². The van der Waals surface area contributed by atoms with Crippen molar-refractivity contribution in [2.75, 3.05) is 18.0 Å². The number of piperidine rings is 1. The van der Waals surface area contributed by atoms with Gasteiger partial charge in [0.2, 0.25) is 0 Å². The van der Waals surface area contributed by atoms with Gasteiger partial charge in [0, 0.05) is 35.7 Å². The molecule has 2 saturated heterocycles. The summed E-state index contributed by atoms with van der Waals surface area (Å²) in [5, 5.41) is 5.61. The second-order valence-corrected chi connectivity index (χ2v) is 8.13. The summed E-state index contributed by atoms with van der Waals surface area (Å²) < 4.78 is 17.1. The van der Waals surface area contributed by atoms with E-state index in [2.05, 4.69) is 28.3 Å². The predicted molar refractivity (Wildman–Crippen MR) is 95.3 cm³/mol. The van der Waals surface area contributed by atoms with E-state index in [4.69, 9.17) is 0 Å². The van der Waals surface area contributed by atoms with Crippen molar-refractivity contribution in [2.24, 2.45) is 5.92 Å². The van der Waals surface area contributed by atoms with Crippen molar-refractivity contribution in [1.29, 1.82) is 0 Å². The minimum atomic E-state index is -0.213. The lowest BCUT2D eigenvalue weighted by atomic mass is 9.89. The predicted octanol–water partition coefficient (Wildman–Crippen LogP) is 3.20. The number of likely N-dealkylation sites (tertiary alicyclic amines) is 1. The first-order valence-electron chi connectivity index (χ1n) is 8.57. The van der Waals surface area contributed by atoms with E-state index in [9.17, 15) is 9.18 Å². The molecular formula is C18H21FN4OS. The second kappa shape index (κ2) is 6.05. The third kappa shape index (κ3) is 2.90. The number of fused-ring (bicyclic) bond motifs is 1. The van der Waals surface area contributed by atoms with Crippen LogP contribution < -0.4 is 4.90 Å². The molecule has 4 rings (SSSR count). The fraction of sp³-hybridized carbons (Fsp3) is 0.500. The third-order valence-electron chi connectivity index (χ3n) is 5.41. The summed E-state index contributed by atoms with van der Waals surface area (Å²) >= 11 is 1.20. The van der Waals surface area contributed by atoms with Gasteiger partial charge in [-0.2, -0.15) is 0 Å². The molecule has 25 heavy (non-hydrogen) atoms. The quantitative estimate of drug-likeness (QED) is 0.825. The van der Waals surface area contributed by atoms with Crippen molar-refractivity contribution >= 4 is 23.1 Å². The van der Waals surface area contributed by atoms with Gasteiger partial charge in [0.25, 0.3) is 5.91 Å². The highest BCUT2D eigenvalue weighted by Gasteiger charge is 2.48. The fourth-order valence-electron chi connectivity index (χ4n) is 4.50. The van der Waals surface area contributed by atoms with E-state index in [0.717, 1.165) is 25.1 Å². The summed E-state index contributed by atoms with van der Waals surface area (Å²) in [6.45, 7) is 5.91. The largest absolute Gasteiger partial charge is 0.363 e. The molecule has 2 atom stereocenters. The topological polar surface area (TPSA) is 49.3 Å². The molecule has 3 heterocycles. The molecule has 0 bridgehead atoms. The zero-order valence-corrected chi connectivity index (χ0v) is 15.2. The lowest BCUT2D eigenvalue weighted by molar-refractivity contribution is 0.0661. The van der Waals surface area contributed by atoms with Gasteiger partial charge in [0.05, 0.1) is 0 Å². The highest BCUT2D eigenvalue weighted by atomic mass is 32.1. The molecule has 0 aliphatic carbocycles. The number of halogens is 1. The summed E-state index contributed by atoms with van der Waals surface area (Å²) in [5.41, 5.74) is 1.48. The first-order valence-corrected chi connectivity index (χ1v) is 9.40. The lowest BCUT2D eigenvalue weighted by Gasteiger charge is -2.41. The van der Waals surface area contributed by atoms with Gasteiger partial charge in [-0.25, -0.2) is 4.39 Å². The number of nitrogens with zero attached hydrogens (tertiary/aromatic N) is 4. The van der Waals surface area contributed by atoms with Gasteiger partial charge in [-0.1, -0.05) is 4.49 Å². The Morgan fingerprint density at radius 1 is 1.32 bits per heavy atom. The van der Waals surface area contributed by atoms with Crippen molar-refractivity contribution in [3.05, 3.63) is 41.2 Å². The lowest BCUT2D eigenvalue weighted by Crippen LogP contribution is -2.50. The number of aromatic nitrogens is 2. The Hall–Kier alpha value is -2.02. The highest BCUT2D eigenvalue weighted by Crippen LogP contribution is 2.44. The van der Waals surface area contributed by atoms with E-state index in [1.54, 1.807) is 5.38 Å². The number of carbonyl (C=O) groups is 1. The summed E-state index contributed by atoms with van der Waals surface area (Å²) in [7, 11) is 0. The molecule has 1 amide bonds. The van der Waals surface area contributed by atoms with Crippen LogP contribution in [0.25, 0.3) is 0 Å². The Kier molecular flexibility index (Phi) is 3.98. The standard InChI is InChI=1S/C18H21FN4OS/c1-18(2)9-12-10-22(17(24)15-11-25-21-20-15)8-7-16(12)23(18)14-5-3-13(19)4-6-14/h3-6,11-12,16H,7-10H2,1-2H3/t12-,16+/m1/s1. The molecule has 2 aliphatic rings. The number of amides is 1. The molecule has 2 aromatic rings. The fourth-order valence-corrected chi connectivity index (χ4v) is 4.93. The molecule has 0 unspecified atom stereocenters. The zero-order valence-electron chi connectivity index (χ0n) is 14.4. The van der Waals surface area contributed by atoms with Crippen LogP contribution in [-0.2, 0) is 0 Å². The molecule has 0 radical (unpaired) electrons. The van der Waals surface area contributed by atoms with Crippen molar-refractivity contribution < 1.29 is 9.18 Å². The first-order chi connectivity index (χ1) is 12.0. The van der Waals surface area contributed by atoms with E-state index >= 15 is 0 Å². The van der Waals surface area contributed by atoms with Gasteiger partial charge in [-0.05, 0) is 68.4 Å². The molecule has 7 heteroatoms. The van der Waals surface area contributed by atoms with Gasteiger partial charge in [0.15, 0.2) is 5.69 Å². The van der Waals surface area contributed by atoms with Gasteiger partial charge < -0.3 is 9.80 Å². The maximum Gasteiger partial charge on any atom is 0.275 e. The number of carbonyl (C=O) groups excluding carboxylic acids is 1. The van der Waals surface area contributed by atoms with E-state index in [1.807, 2.05) is 17.0 Å². The van der Waals surface area contributed by atoms with E-state index in [1.165, 1.54) is 23.7 Å². The minimum absolute atomic E-state index is 0.0194. The van der Waals surface area contributed by atoms with Gasteiger partial charge in [0.1, 0.15) is 5.82 Å². The second-order valence-electron chi connectivity index (χ2n) is 7.52. The van der Waals surface area contributed by atoms with Crippen LogP contribution in [0.2, 0.25) is 0 Å². The van der Waals surface area contributed by atoms with Gasteiger partial charge in [-0.15, -0.1) is 5.10 Å². The Morgan fingerprint density at radius 2 is 2.08 bits per heavy atom. The summed E-state index contributed by atoms with van der Waals surface area (Å²) in [6.07, 6.45) is 1.92. The van der Waals surface area contributed by atoms with Crippen LogP contribution in [0.1, 0.15) is 37.2 Å². The number of hydrogen-bond acceptors (Lipinski definition) is 5. The van der Waals surface area contributed by atoms with Crippen molar-refractivity contribution in [3.63, 3.8) is 0 Å². The zero-order chi connectivity index (χ0) is 17.6. The van der Waals surface area contributed by atoms with Gasteiger partial charge >= 0.3 is 0 Å². The van der Waals surface area contributed by atoms with Crippen LogP contribution in [0.15, 0.2) is 29.6 Å². The van der Waals surface area contributed by atoms with Crippen LogP contribution in [0, 0.1) is 11.7 Å². The normalized spacial score (nSPS) is 25.1. The van der Waals surface area contributed by atoms with E-state index in [0.29, 0.717) is 24.2 Å². The van der Waals surface area contributed by atoms with Gasteiger partial charge in [-0.3, -0.25) is 4.79 Å². The number of anilines is 1. The summed E-state index contributed by atoms with van der Waals surface area (Å²) in [5.74, 6) is 0.171. The Bertz CT molecular complexity index is 762. The molecule has 132 valence electrons. The maximum atomic E-state index is 13.3. The minimum Gasteiger partial charge on any atom is -0.363 e. The van der Waals surface area contributed by atoms with Crippen LogP contribution in [-0.4, -0.2) is 45.1 Å². The Labute approximate surface area is 150 Å². The molecule has 1 aromatic carbocycles. The first kappa shape index (κ1) is 16.4. The van der Waals surface area contributed by atoms with Crippen LogP contribution in [0.5, 0.6) is 0 Å². The average Bonchev–Trinajstić information content (AvgIpc) is 3.19. The van der Waals surface area contributed by atoms with Crippen molar-refractivity contribution in [1.82, 2.24) is 14.5 Å². The summed E-state index contributed by atoms with van der Waals surface area (Å²) in [4.78, 5) is 16.9. The maximum absolute atomic E-state index is 13.3. The van der Waals surface area contributed by atoms with E-state index in [-0.39, 0.29) is 17.3 Å². The Balaban J connectivity index is 1.55. The molecule has 0 N–H and O–H groups in total. The molecule has 5 nitrogen and oxygen atoms in total. The molecule has 0 spiro atoms. The van der Waals surface area contributed by atoms with Crippen LogP contribution in [0.3, 0.4) is 0 Å². The molecular weight excluding hydrogens is 339 g/mol. The number of benzene rings is 1. The summed E-state index contributed by atoms with van der Waals surface area (Å²) in [6, 6.07) is 7.13. The van der Waals surface area contributed by atoms with Crippen LogP contribution >= 0.6 is 11.5 Å². The number of rotatable bonds is 2. The SMILES string of the molecule is CC1(C)C[C@@H]2CN(C(=O)c3csnn3)CC[C@@H]2N1c1ccc(F)cc1. The Morgan fingerprint density at radius 3 is 2.76 bits per heavy atom. The van der Waals surface area contributed by atoms with E-state index < -0.39 is 0 Å². The monoisotopic (exact) mass is 360 g/mol. The molecule has 0 saturated carbocycles. The third-order valence-corrected chi connectivity index (χ3v) is 5.92. The molecule has 1 aromatic heterocycles. The number of hydrogen-bond donors (Lipinski definition) is 0. The van der Waals surface area contributed by atoms with Crippen molar-refractivity contribution in [2.45, 2.75) is 38.3 Å². The molecule has 2 aliphatic heterocycles. The molecule has 2 fully saturated rings. The smallest absolute Gasteiger partial charge is 0.275 e. The average molecular weight is 360 g/mol. The highest BCUT2D eigenvalue weighted by molar-refractivity contribution is 7.03.